The predicted molar refractivity (Wildman–Crippen MR) is 105 cm³/mol. The van der Waals surface area contributed by atoms with Crippen molar-refractivity contribution in [3.05, 3.63) is 0 Å². The number of halogens is 1. The lowest BCUT2D eigenvalue weighted by Gasteiger charge is -2.63. The van der Waals surface area contributed by atoms with Gasteiger partial charge in [-0.25, -0.2) is 0 Å². The van der Waals surface area contributed by atoms with E-state index in [2.05, 4.69) is 29.8 Å². The van der Waals surface area contributed by atoms with Crippen LogP contribution in [0.1, 0.15) is 72.1 Å². The van der Waals surface area contributed by atoms with E-state index >= 15 is 0 Å². The van der Waals surface area contributed by atoms with Crippen LogP contribution in [0.2, 0.25) is 0 Å². The van der Waals surface area contributed by atoms with E-state index in [9.17, 15) is 9.90 Å². The Morgan fingerprint density at radius 3 is 2.52 bits per heavy atom. The van der Waals surface area contributed by atoms with Crippen LogP contribution in [0, 0.1) is 46.3 Å². The van der Waals surface area contributed by atoms with Crippen molar-refractivity contribution in [2.45, 2.75) is 78.2 Å². The van der Waals surface area contributed by atoms with Crippen LogP contribution in [0.4, 0.5) is 0 Å². The number of hydrogen-bond donors (Lipinski definition) is 1. The topological polar surface area (TPSA) is 37.3 Å². The Balaban J connectivity index is 1.66. The van der Waals surface area contributed by atoms with Crippen LogP contribution < -0.4 is 0 Å². The summed E-state index contributed by atoms with van der Waals surface area (Å²) < 4.78 is 0. The van der Waals surface area contributed by atoms with Gasteiger partial charge in [0, 0.05) is 11.2 Å². The van der Waals surface area contributed by atoms with E-state index in [0.717, 1.165) is 42.3 Å². The van der Waals surface area contributed by atoms with E-state index in [1.165, 1.54) is 32.1 Å². The molecule has 0 saturated heterocycles. The number of hydrogen-bond acceptors (Lipinski definition) is 2. The molecule has 0 aromatic rings. The second kappa shape index (κ2) is 6.33. The third-order valence-corrected chi connectivity index (χ3v) is 10.4. The zero-order valence-corrected chi connectivity index (χ0v) is 17.7. The second-order valence-electron chi connectivity index (χ2n) is 10.3. The largest absolute Gasteiger partial charge is 0.393 e. The highest BCUT2D eigenvalue weighted by atomic mass is 79.9. The SMILES string of the molecule is CC(=O)[C@H]1CC[C@H]2[C@@H]3CC[C@H]4C[C@H](O)CC(CBr)[C@]4(C)[C@H]3CC[C@]12C. The summed E-state index contributed by atoms with van der Waals surface area (Å²) in [6.45, 7) is 6.83. The highest BCUT2D eigenvalue weighted by Crippen LogP contribution is 2.68. The Hall–Kier alpha value is 0.110. The zero-order valence-electron chi connectivity index (χ0n) is 16.1. The summed E-state index contributed by atoms with van der Waals surface area (Å²) in [5, 5.41) is 11.4. The second-order valence-corrected chi connectivity index (χ2v) is 10.9. The fourth-order valence-electron chi connectivity index (χ4n) is 8.38. The first-order valence-electron chi connectivity index (χ1n) is 10.6. The van der Waals surface area contributed by atoms with Gasteiger partial charge in [-0.15, -0.1) is 0 Å². The standard InChI is InChI=1S/C22H35BrO2/c1-13(24)18-6-7-19-17-5-4-14-10-16(25)11-15(12-23)22(14,3)20(17)8-9-21(18,19)2/h14-20,25H,4-12H2,1-3H3/t14-,15?,16-,17-,18+,19-,20-,21+,22+/m0/s1. The first-order valence-corrected chi connectivity index (χ1v) is 11.7. The van der Waals surface area contributed by atoms with Gasteiger partial charge in [0.1, 0.15) is 5.78 Å². The minimum atomic E-state index is -0.0976. The van der Waals surface area contributed by atoms with Crippen LogP contribution in [0.15, 0.2) is 0 Å². The van der Waals surface area contributed by atoms with Gasteiger partial charge in [0.2, 0.25) is 0 Å². The molecule has 0 aromatic heterocycles. The Labute approximate surface area is 161 Å². The quantitative estimate of drug-likeness (QED) is 0.633. The number of rotatable bonds is 2. The van der Waals surface area contributed by atoms with Gasteiger partial charge < -0.3 is 5.11 Å². The molecule has 0 aromatic carbocycles. The van der Waals surface area contributed by atoms with Crippen molar-refractivity contribution in [1.82, 2.24) is 0 Å². The molecular weight excluding hydrogens is 376 g/mol. The fourth-order valence-corrected chi connectivity index (χ4v) is 9.34. The van der Waals surface area contributed by atoms with E-state index in [-0.39, 0.29) is 11.5 Å². The Morgan fingerprint density at radius 1 is 1.08 bits per heavy atom. The number of carbonyl (C=O) groups is 1. The molecule has 0 aliphatic heterocycles. The minimum absolute atomic E-state index is 0.0976. The molecular formula is C22H35BrO2. The minimum Gasteiger partial charge on any atom is -0.393 e. The lowest BCUT2D eigenvalue weighted by Crippen LogP contribution is -2.57. The Bertz CT molecular complexity index is 538. The van der Waals surface area contributed by atoms with Crippen molar-refractivity contribution >= 4 is 21.7 Å². The molecule has 4 saturated carbocycles. The molecule has 0 bridgehead atoms. The van der Waals surface area contributed by atoms with Crippen molar-refractivity contribution in [2.24, 2.45) is 46.3 Å². The average molecular weight is 411 g/mol. The summed E-state index contributed by atoms with van der Waals surface area (Å²) in [5.41, 5.74) is 0.634. The Kier molecular flexibility index (Phi) is 4.68. The number of aliphatic hydroxyl groups excluding tert-OH is 1. The van der Waals surface area contributed by atoms with Crippen LogP contribution >= 0.6 is 15.9 Å². The van der Waals surface area contributed by atoms with Gasteiger partial charge in [-0.1, -0.05) is 29.8 Å². The highest BCUT2D eigenvalue weighted by Gasteiger charge is 2.62. The zero-order chi connectivity index (χ0) is 18.0. The molecule has 4 aliphatic rings. The van der Waals surface area contributed by atoms with E-state index in [1.54, 1.807) is 0 Å². The number of aliphatic hydroxyl groups is 1. The molecule has 4 aliphatic carbocycles. The van der Waals surface area contributed by atoms with E-state index in [1.807, 2.05) is 6.92 Å². The van der Waals surface area contributed by atoms with E-state index < -0.39 is 0 Å². The molecule has 0 spiro atoms. The molecule has 142 valence electrons. The molecule has 1 N–H and O–H groups in total. The van der Waals surface area contributed by atoms with E-state index in [0.29, 0.717) is 29.0 Å². The molecule has 4 rings (SSSR count). The number of carbonyl (C=O) groups excluding carboxylic acids is 1. The number of fused-ring (bicyclic) bond motifs is 5. The molecule has 4 fully saturated rings. The van der Waals surface area contributed by atoms with Crippen LogP contribution in [0.25, 0.3) is 0 Å². The van der Waals surface area contributed by atoms with Gasteiger partial charge in [0.15, 0.2) is 0 Å². The van der Waals surface area contributed by atoms with Crippen LogP contribution in [0.3, 0.4) is 0 Å². The molecule has 3 heteroatoms. The summed E-state index contributed by atoms with van der Waals surface area (Å²) in [6.07, 6.45) is 9.44. The summed E-state index contributed by atoms with van der Waals surface area (Å²) >= 11 is 3.79. The van der Waals surface area contributed by atoms with E-state index in [4.69, 9.17) is 0 Å². The first-order chi connectivity index (χ1) is 11.8. The summed E-state index contributed by atoms with van der Waals surface area (Å²) in [6, 6.07) is 0. The monoisotopic (exact) mass is 410 g/mol. The normalized spacial score (nSPS) is 55.2. The predicted octanol–water partition coefficient (Wildman–Crippen LogP) is 5.22. The van der Waals surface area contributed by atoms with Crippen molar-refractivity contribution in [3.8, 4) is 0 Å². The maximum Gasteiger partial charge on any atom is 0.133 e. The highest BCUT2D eigenvalue weighted by molar-refractivity contribution is 9.09. The summed E-state index contributed by atoms with van der Waals surface area (Å²) in [5.74, 6) is 4.39. The third kappa shape index (κ3) is 2.54. The molecule has 0 heterocycles. The van der Waals surface area contributed by atoms with Gasteiger partial charge in [-0.05, 0) is 98.7 Å². The first kappa shape index (κ1) is 18.5. The summed E-state index contributed by atoms with van der Waals surface area (Å²) in [4.78, 5) is 12.3. The van der Waals surface area contributed by atoms with Gasteiger partial charge in [0.25, 0.3) is 0 Å². The maximum atomic E-state index is 12.3. The van der Waals surface area contributed by atoms with Gasteiger partial charge in [-0.2, -0.15) is 0 Å². The molecule has 0 radical (unpaired) electrons. The molecule has 2 nitrogen and oxygen atoms in total. The van der Waals surface area contributed by atoms with Gasteiger partial charge >= 0.3 is 0 Å². The molecule has 25 heavy (non-hydrogen) atoms. The van der Waals surface area contributed by atoms with Gasteiger partial charge in [-0.3, -0.25) is 4.79 Å². The smallest absolute Gasteiger partial charge is 0.133 e. The number of Topliss-reactive ketones (excluding diaryl/α,β-unsaturated/α-hetero) is 1. The van der Waals surface area contributed by atoms with Crippen molar-refractivity contribution in [2.75, 3.05) is 5.33 Å². The van der Waals surface area contributed by atoms with Crippen molar-refractivity contribution in [3.63, 3.8) is 0 Å². The number of alkyl halides is 1. The lowest BCUT2D eigenvalue weighted by molar-refractivity contribution is -0.153. The fraction of sp³-hybridized carbons (Fsp3) is 0.955. The summed E-state index contributed by atoms with van der Waals surface area (Å²) in [7, 11) is 0. The number of ketones is 1. The Morgan fingerprint density at radius 2 is 1.84 bits per heavy atom. The van der Waals surface area contributed by atoms with Crippen molar-refractivity contribution < 1.29 is 9.90 Å². The molecule has 0 amide bonds. The van der Waals surface area contributed by atoms with Gasteiger partial charge in [0.05, 0.1) is 6.10 Å². The maximum absolute atomic E-state index is 12.3. The molecule has 9 atom stereocenters. The van der Waals surface area contributed by atoms with Crippen LogP contribution in [-0.2, 0) is 4.79 Å². The lowest BCUT2D eigenvalue weighted by atomic mass is 9.42. The third-order valence-electron chi connectivity index (χ3n) is 9.63. The average Bonchev–Trinajstić information content (AvgIpc) is 2.92. The molecule has 1 unspecified atom stereocenters. The van der Waals surface area contributed by atoms with Crippen LogP contribution in [-0.4, -0.2) is 22.3 Å². The van der Waals surface area contributed by atoms with Crippen molar-refractivity contribution in [1.29, 1.82) is 0 Å². The van der Waals surface area contributed by atoms with Crippen LogP contribution in [0.5, 0.6) is 0 Å².